The van der Waals surface area contributed by atoms with Crippen LogP contribution in [0.3, 0.4) is 0 Å². The highest BCUT2D eigenvalue weighted by Crippen LogP contribution is 2.51. The van der Waals surface area contributed by atoms with E-state index in [1.54, 1.807) is 6.92 Å². The number of carbonyl (C=O) groups is 2. The van der Waals surface area contributed by atoms with Crippen LogP contribution >= 0.6 is 7.82 Å². The minimum absolute atomic E-state index is 0.136. The van der Waals surface area contributed by atoms with Gasteiger partial charge in [0, 0.05) is 12.6 Å². The van der Waals surface area contributed by atoms with E-state index in [4.69, 9.17) is 24.3 Å². The number of rotatable bonds is 15. The minimum Gasteiger partial charge on any atom is -0.477 e. The molecule has 2 saturated heterocycles. The maximum atomic E-state index is 13.1. The van der Waals surface area contributed by atoms with Gasteiger partial charge in [-0.3, -0.25) is 13.9 Å². The molecule has 24 nitrogen and oxygen atoms in total. The van der Waals surface area contributed by atoms with Crippen molar-refractivity contribution in [3.63, 3.8) is 0 Å². The van der Waals surface area contributed by atoms with Gasteiger partial charge in [-0.15, -0.1) is 5.10 Å². The van der Waals surface area contributed by atoms with Crippen molar-refractivity contribution in [1.29, 1.82) is 0 Å². The zero-order valence-corrected chi connectivity index (χ0v) is 27.9. The van der Waals surface area contributed by atoms with Crippen molar-refractivity contribution in [2.45, 2.75) is 99.6 Å². The lowest BCUT2D eigenvalue weighted by atomic mass is 9.88. The van der Waals surface area contributed by atoms with Gasteiger partial charge < -0.3 is 66.3 Å². The van der Waals surface area contributed by atoms with Gasteiger partial charge in [-0.1, -0.05) is 12.1 Å². The van der Waals surface area contributed by atoms with Gasteiger partial charge in [-0.05, 0) is 19.4 Å². The summed E-state index contributed by atoms with van der Waals surface area (Å²) < 4.78 is 35.4. The molecule has 1 amide bonds. The normalized spacial score (nSPS) is 31.7. The highest BCUT2D eigenvalue weighted by Gasteiger charge is 2.59. The number of anilines is 1. The van der Waals surface area contributed by atoms with Crippen molar-refractivity contribution in [3.8, 4) is 0 Å². The summed E-state index contributed by atoms with van der Waals surface area (Å²) in [6.07, 6.45) is -13.8. The number of nitrogens with one attached hydrogen (secondary N) is 1. The first-order valence-electron chi connectivity index (χ1n) is 15.3. The van der Waals surface area contributed by atoms with Crippen LogP contribution in [0, 0.1) is 0 Å². The monoisotopic (exact) mass is 753 g/mol. The second kappa shape index (κ2) is 15.6. The van der Waals surface area contributed by atoms with Crippen molar-refractivity contribution in [1.82, 2.24) is 29.9 Å². The third kappa shape index (κ3) is 8.94. The van der Waals surface area contributed by atoms with Crippen molar-refractivity contribution in [2.75, 3.05) is 18.9 Å². The van der Waals surface area contributed by atoms with E-state index in [-0.39, 0.29) is 17.9 Å². The lowest BCUT2D eigenvalue weighted by Gasteiger charge is -2.46. The third-order valence-corrected chi connectivity index (χ3v) is 9.36. The fraction of sp³-hybridized carbons (Fsp3) is 0.692. The molecule has 51 heavy (non-hydrogen) atoms. The Morgan fingerprint density at radius 2 is 1.96 bits per heavy atom. The summed E-state index contributed by atoms with van der Waals surface area (Å²) in [7, 11) is -5.62. The Labute approximate surface area is 287 Å². The molecule has 12 N–H and O–H groups in total. The Hall–Kier alpha value is -3.49. The van der Waals surface area contributed by atoms with E-state index in [2.05, 4.69) is 20.6 Å². The molecule has 2 fully saturated rings. The number of aliphatic hydroxyl groups is 7. The molecule has 286 valence electrons. The zero-order chi connectivity index (χ0) is 38.1. The van der Waals surface area contributed by atoms with Crippen LogP contribution in [0.2, 0.25) is 0 Å². The number of phosphoric ester groups is 1. The van der Waals surface area contributed by atoms with Crippen LogP contribution in [0.15, 0.2) is 23.3 Å². The summed E-state index contributed by atoms with van der Waals surface area (Å²) in [6.45, 7) is 0.415. The van der Waals surface area contributed by atoms with E-state index >= 15 is 0 Å². The summed E-state index contributed by atoms with van der Waals surface area (Å²) in [4.78, 5) is 51.6. The quantitative estimate of drug-likeness (QED) is 0.0756. The summed E-state index contributed by atoms with van der Waals surface area (Å²) in [5.41, 5.74) is 3.25. The topological polar surface area (TPSA) is 374 Å². The number of hydrogen-bond acceptors (Lipinski definition) is 19. The second-order valence-corrected chi connectivity index (χ2v) is 13.5. The largest absolute Gasteiger partial charge is 0.477 e. The number of carboxylic acids is 1. The molecule has 0 aliphatic carbocycles. The molecular formula is C26H40N7O17P. The zero-order valence-electron chi connectivity index (χ0n) is 27.0. The molecule has 4 rings (SSSR count). The average Bonchev–Trinajstić information content (AvgIpc) is 3.64. The van der Waals surface area contributed by atoms with Crippen molar-refractivity contribution >= 4 is 25.5 Å². The minimum atomic E-state index is -5.62. The van der Waals surface area contributed by atoms with Crippen LogP contribution in [0.25, 0.3) is 0 Å². The smallest absolute Gasteiger partial charge is 0.475 e. The number of aliphatic hydroxyl groups excluding tert-OH is 6. The number of ether oxygens (including phenoxy) is 2. The van der Waals surface area contributed by atoms with Gasteiger partial charge in [-0.2, -0.15) is 4.98 Å². The predicted molar refractivity (Wildman–Crippen MR) is 162 cm³/mol. The maximum Gasteiger partial charge on any atom is 0.475 e. The Balaban J connectivity index is 1.50. The highest BCUT2D eigenvalue weighted by molar-refractivity contribution is 7.47. The molecule has 2 aromatic heterocycles. The number of hydrogen-bond donors (Lipinski definition) is 11. The third-order valence-electron chi connectivity index (χ3n) is 8.36. The Morgan fingerprint density at radius 3 is 2.57 bits per heavy atom. The molecular weight excluding hydrogens is 713 g/mol. The summed E-state index contributed by atoms with van der Waals surface area (Å²) >= 11 is 0. The molecule has 4 heterocycles. The molecule has 0 saturated carbocycles. The van der Waals surface area contributed by atoms with E-state index in [1.165, 1.54) is 19.2 Å². The SMILES string of the molecule is CCC(C)(O)c1cn(CC(=O)N[C@H]2[C@H]([C@H](O)[C@H](O)CO)O[C@](OP(=O)(O)OC[C@H]3O[C@@H](n4ccc(N)nc4=O)[C@H](O)[C@@H]3O)(C(=O)O)C[C@@H]2O)nn1. The van der Waals surface area contributed by atoms with Gasteiger partial charge in [0.15, 0.2) is 6.23 Å². The molecule has 2 aliphatic rings. The number of carboxylic acid groups (broad SMARTS) is 1. The number of aliphatic carboxylic acids is 1. The fourth-order valence-corrected chi connectivity index (χ4v) is 6.22. The maximum absolute atomic E-state index is 13.1. The van der Waals surface area contributed by atoms with E-state index in [0.29, 0.717) is 0 Å². The first kappa shape index (κ1) is 40.3. The molecule has 25 heteroatoms. The van der Waals surface area contributed by atoms with Crippen molar-refractivity contribution < 1.29 is 78.4 Å². The van der Waals surface area contributed by atoms with Gasteiger partial charge in [0.2, 0.25) is 5.91 Å². The molecule has 2 aliphatic heterocycles. The molecule has 0 aromatic carbocycles. The van der Waals surface area contributed by atoms with Crippen LogP contribution in [0.5, 0.6) is 0 Å². The number of amides is 1. The molecule has 12 atom stereocenters. The van der Waals surface area contributed by atoms with Crippen LogP contribution < -0.4 is 16.7 Å². The van der Waals surface area contributed by atoms with Crippen molar-refractivity contribution in [2.24, 2.45) is 0 Å². The van der Waals surface area contributed by atoms with E-state index in [0.717, 1.165) is 15.4 Å². The molecule has 0 radical (unpaired) electrons. The van der Waals surface area contributed by atoms with Crippen LogP contribution in [-0.4, -0.2) is 150 Å². The predicted octanol–water partition coefficient (Wildman–Crippen LogP) is -5.38. The standard InChI is InChI=1S/C26H40N7O17P/c1-3-25(2,44)14-7-32(31-30-14)8-16(37)29-17-11(35)6-26(23(41)42,49-21(17)18(38)12(36)9-34)50-51(45,46)47-10-13-19(39)20(40)22(48-13)33-5-4-15(27)28-24(33)43/h4-5,7,11-13,17-22,34-36,38-40,44H,3,6,8-10H2,1-2H3,(H,29,37)(H,41,42)(H,45,46)(H2,27,28,43)/t11-,12+,13+,17+,18+,19+,20+,21+,22+,25?,26+/m0/s1. The Morgan fingerprint density at radius 1 is 1.27 bits per heavy atom. The molecule has 2 aromatic rings. The van der Waals surface area contributed by atoms with Gasteiger partial charge in [0.25, 0.3) is 5.79 Å². The number of phosphoric acid groups is 1. The molecule has 0 bridgehead atoms. The highest BCUT2D eigenvalue weighted by atomic mass is 31.2. The Kier molecular flexibility index (Phi) is 12.3. The fourth-order valence-electron chi connectivity index (χ4n) is 5.26. The lowest BCUT2D eigenvalue weighted by molar-refractivity contribution is -0.289. The van der Waals surface area contributed by atoms with Gasteiger partial charge in [-0.25, -0.2) is 23.4 Å². The van der Waals surface area contributed by atoms with Crippen LogP contribution in [-0.2, 0) is 44.8 Å². The van der Waals surface area contributed by atoms with Gasteiger partial charge in [0.05, 0.1) is 31.6 Å². The van der Waals surface area contributed by atoms with Crippen LogP contribution in [0.4, 0.5) is 5.82 Å². The number of carbonyl (C=O) groups excluding carboxylic acids is 1. The number of nitrogen functional groups attached to an aromatic ring is 1. The van der Waals surface area contributed by atoms with Crippen LogP contribution in [0.1, 0.15) is 38.6 Å². The number of nitrogens with zero attached hydrogens (tertiary/aromatic N) is 5. The first-order chi connectivity index (χ1) is 23.7. The molecule has 2 unspecified atom stereocenters. The number of nitrogens with two attached hydrogens (primary N) is 1. The van der Waals surface area contributed by atoms with Crippen molar-refractivity contribution in [3.05, 3.63) is 34.6 Å². The second-order valence-electron chi connectivity index (χ2n) is 12.1. The summed E-state index contributed by atoms with van der Waals surface area (Å²) in [5.74, 6) is -6.51. The van der Waals surface area contributed by atoms with Gasteiger partial charge >= 0.3 is 19.5 Å². The molecule has 0 spiro atoms. The van der Waals surface area contributed by atoms with E-state index in [9.17, 15) is 64.7 Å². The average molecular weight is 754 g/mol. The van der Waals surface area contributed by atoms with Gasteiger partial charge in [0.1, 0.15) is 60.3 Å². The van der Waals surface area contributed by atoms with E-state index < -0.39 is 118 Å². The summed E-state index contributed by atoms with van der Waals surface area (Å²) in [5, 5.41) is 92.5. The lowest BCUT2D eigenvalue weighted by Crippen LogP contribution is -2.68. The Bertz CT molecular complexity index is 1660. The van der Waals surface area contributed by atoms with E-state index in [1.807, 2.05) is 0 Å². The number of aromatic nitrogens is 5. The summed E-state index contributed by atoms with van der Waals surface area (Å²) in [6, 6.07) is -0.545. The first-order valence-corrected chi connectivity index (χ1v) is 16.8.